The van der Waals surface area contributed by atoms with E-state index in [1.807, 2.05) is 24.3 Å². The summed E-state index contributed by atoms with van der Waals surface area (Å²) in [5.41, 5.74) is 2.05. The molecule has 8 heteroatoms. The number of esters is 1. The predicted molar refractivity (Wildman–Crippen MR) is 125 cm³/mol. The molecule has 0 spiro atoms. The van der Waals surface area contributed by atoms with Crippen LogP contribution in [0.5, 0.6) is 0 Å². The van der Waals surface area contributed by atoms with Crippen LogP contribution in [-0.4, -0.2) is 70.9 Å². The summed E-state index contributed by atoms with van der Waals surface area (Å²) < 4.78 is 9.75. The number of carbonyl (C=O) groups excluding carboxylic acids is 2. The Balaban J connectivity index is 1.83. The fourth-order valence-corrected chi connectivity index (χ4v) is 5.77. The average Bonchev–Trinajstić information content (AvgIpc) is 3.01. The Hall–Kier alpha value is -1.32. The molecule has 2 N–H and O–H groups in total. The molecule has 1 saturated carbocycles. The van der Waals surface area contributed by atoms with Gasteiger partial charge in [-0.2, -0.15) is 11.8 Å². The van der Waals surface area contributed by atoms with Crippen molar-refractivity contribution in [3.8, 4) is 0 Å². The number of aliphatic hydroxyl groups excluding tert-OH is 2. The summed E-state index contributed by atoms with van der Waals surface area (Å²) in [4.78, 5) is 23.4. The zero-order chi connectivity index (χ0) is 22.6. The first-order valence-electron chi connectivity index (χ1n) is 10.3. The van der Waals surface area contributed by atoms with E-state index >= 15 is 0 Å². The number of methoxy groups -OCH3 is 2. The fourth-order valence-electron chi connectivity index (χ4n) is 3.47. The topological polar surface area (TPSA) is 93.1 Å². The van der Waals surface area contributed by atoms with E-state index in [-0.39, 0.29) is 29.3 Å². The molecule has 1 fully saturated rings. The lowest BCUT2D eigenvalue weighted by Crippen LogP contribution is -2.22. The molecule has 1 aromatic rings. The van der Waals surface area contributed by atoms with Crippen molar-refractivity contribution in [3.05, 3.63) is 47.5 Å². The smallest absolute Gasteiger partial charge is 0.315 e. The van der Waals surface area contributed by atoms with Gasteiger partial charge in [0.2, 0.25) is 0 Å². The summed E-state index contributed by atoms with van der Waals surface area (Å²) in [5.74, 6) is 1.44. The van der Waals surface area contributed by atoms with Crippen molar-refractivity contribution >= 4 is 35.3 Å². The van der Waals surface area contributed by atoms with E-state index in [4.69, 9.17) is 4.74 Å². The number of hydrogen-bond acceptors (Lipinski definition) is 8. The summed E-state index contributed by atoms with van der Waals surface area (Å²) in [6.07, 6.45) is 3.55. The van der Waals surface area contributed by atoms with E-state index < -0.39 is 12.2 Å². The molecule has 0 amide bonds. The molecule has 3 unspecified atom stereocenters. The number of rotatable bonds is 13. The van der Waals surface area contributed by atoms with Gasteiger partial charge < -0.3 is 19.7 Å². The largest absolute Gasteiger partial charge is 0.468 e. The Labute approximate surface area is 192 Å². The first-order chi connectivity index (χ1) is 14.9. The second kappa shape index (κ2) is 14.0. The zero-order valence-corrected chi connectivity index (χ0v) is 19.7. The predicted octanol–water partition coefficient (Wildman–Crippen LogP) is 2.64. The monoisotopic (exact) mass is 468 g/mol. The first kappa shape index (κ1) is 25.9. The highest BCUT2D eigenvalue weighted by molar-refractivity contribution is 8.01. The van der Waals surface area contributed by atoms with Crippen molar-refractivity contribution < 1.29 is 29.3 Å². The molecule has 1 aliphatic rings. The van der Waals surface area contributed by atoms with Crippen LogP contribution in [0, 0.1) is 5.92 Å². The fraction of sp³-hybridized carbons (Fsp3) is 0.565. The molecule has 172 valence electrons. The average molecular weight is 469 g/mol. The van der Waals surface area contributed by atoms with E-state index in [9.17, 15) is 19.8 Å². The van der Waals surface area contributed by atoms with Crippen LogP contribution in [0.1, 0.15) is 24.0 Å². The van der Waals surface area contributed by atoms with Crippen LogP contribution in [0.25, 0.3) is 0 Å². The molecule has 0 radical (unpaired) electrons. The molecule has 0 aromatic heterocycles. The second-order valence-electron chi connectivity index (χ2n) is 7.50. The minimum atomic E-state index is -0.716. The van der Waals surface area contributed by atoms with Gasteiger partial charge in [0, 0.05) is 25.9 Å². The second-order valence-corrected chi connectivity index (χ2v) is 9.85. The van der Waals surface area contributed by atoms with Crippen molar-refractivity contribution in [2.45, 2.75) is 43.3 Å². The van der Waals surface area contributed by atoms with Crippen LogP contribution in [0.3, 0.4) is 0 Å². The maximum absolute atomic E-state index is 12.3. The van der Waals surface area contributed by atoms with Gasteiger partial charge in [-0.05, 0) is 29.1 Å². The van der Waals surface area contributed by atoms with Crippen molar-refractivity contribution in [1.29, 1.82) is 0 Å². The van der Waals surface area contributed by atoms with Crippen molar-refractivity contribution in [1.82, 2.24) is 0 Å². The van der Waals surface area contributed by atoms with Gasteiger partial charge in [0.15, 0.2) is 0 Å². The van der Waals surface area contributed by atoms with Gasteiger partial charge in [-0.1, -0.05) is 36.4 Å². The van der Waals surface area contributed by atoms with Gasteiger partial charge in [-0.15, -0.1) is 11.8 Å². The summed E-state index contributed by atoms with van der Waals surface area (Å²) in [6, 6.07) is 7.88. The van der Waals surface area contributed by atoms with Gasteiger partial charge in [-0.3, -0.25) is 9.59 Å². The number of Topliss-reactive ketones (excluding diaryl/α,β-unsaturated/α-hetero) is 1. The minimum absolute atomic E-state index is 0.0520. The molecule has 1 aromatic carbocycles. The Morgan fingerprint density at radius 2 is 2.06 bits per heavy atom. The number of hydrogen-bond donors (Lipinski definition) is 2. The summed E-state index contributed by atoms with van der Waals surface area (Å²) in [7, 11) is 3.02. The highest BCUT2D eigenvalue weighted by Gasteiger charge is 2.40. The Kier molecular flexibility index (Phi) is 11.7. The number of carbonyl (C=O) groups is 2. The standard InChI is InChI=1S/C23H32O6S2/c1-28-14-17-6-3-5-16(11-17)12-18(24)7-8-19-20(25)13-21(26)23(19)31-10-4-9-30-15-22(27)29-2/h3,5-8,11,18-20,23-25H,4,9-10,12-15H2,1-2H3/t18?,19-,20?,23?/m0/s1. The molecule has 0 bridgehead atoms. The van der Waals surface area contributed by atoms with Crippen LogP contribution in [0.4, 0.5) is 0 Å². The van der Waals surface area contributed by atoms with Gasteiger partial charge in [0.05, 0.1) is 36.9 Å². The molecule has 2 rings (SSSR count). The lowest BCUT2D eigenvalue weighted by atomic mass is 10.0. The van der Waals surface area contributed by atoms with E-state index in [1.54, 1.807) is 31.0 Å². The summed E-state index contributed by atoms with van der Waals surface area (Å²) in [5, 5.41) is 20.5. The highest BCUT2D eigenvalue weighted by Crippen LogP contribution is 2.34. The molecular weight excluding hydrogens is 436 g/mol. The van der Waals surface area contributed by atoms with E-state index in [1.165, 1.54) is 18.9 Å². The van der Waals surface area contributed by atoms with Gasteiger partial charge in [-0.25, -0.2) is 0 Å². The van der Waals surface area contributed by atoms with Crippen molar-refractivity contribution in [2.75, 3.05) is 31.5 Å². The SMILES string of the molecule is COCc1cccc(CC(O)C=C[C@H]2C(O)CC(=O)C2SCCCSCC(=O)OC)c1. The first-order valence-corrected chi connectivity index (χ1v) is 12.5. The number of aliphatic hydroxyl groups is 2. The van der Waals surface area contributed by atoms with Crippen molar-refractivity contribution in [3.63, 3.8) is 0 Å². The molecular formula is C23H32O6S2. The van der Waals surface area contributed by atoms with Gasteiger partial charge in [0.25, 0.3) is 0 Å². The van der Waals surface area contributed by atoms with Crippen LogP contribution >= 0.6 is 23.5 Å². The Morgan fingerprint density at radius 1 is 1.29 bits per heavy atom. The minimum Gasteiger partial charge on any atom is -0.468 e. The molecule has 0 heterocycles. The molecule has 31 heavy (non-hydrogen) atoms. The maximum atomic E-state index is 12.3. The normalized spacial score (nSPS) is 22.2. The molecule has 0 aliphatic heterocycles. The van der Waals surface area contributed by atoms with Crippen LogP contribution in [-0.2, 0) is 32.1 Å². The van der Waals surface area contributed by atoms with E-state index in [2.05, 4.69) is 4.74 Å². The van der Waals surface area contributed by atoms with Crippen LogP contribution in [0.2, 0.25) is 0 Å². The maximum Gasteiger partial charge on any atom is 0.315 e. The lowest BCUT2D eigenvalue weighted by Gasteiger charge is -2.17. The van der Waals surface area contributed by atoms with Gasteiger partial charge in [0.1, 0.15) is 5.78 Å². The molecule has 4 atom stereocenters. The highest BCUT2D eigenvalue weighted by atomic mass is 32.2. The molecule has 6 nitrogen and oxygen atoms in total. The molecule has 1 aliphatic carbocycles. The van der Waals surface area contributed by atoms with Gasteiger partial charge >= 0.3 is 5.97 Å². The third-order valence-corrected chi connectivity index (χ3v) is 7.48. The quantitative estimate of drug-likeness (QED) is 0.259. The van der Waals surface area contributed by atoms with Crippen LogP contribution < -0.4 is 0 Å². The Morgan fingerprint density at radius 3 is 2.81 bits per heavy atom. The lowest BCUT2D eigenvalue weighted by molar-refractivity contribution is -0.137. The number of ether oxygens (including phenoxy) is 2. The van der Waals surface area contributed by atoms with E-state index in [0.29, 0.717) is 18.8 Å². The zero-order valence-electron chi connectivity index (χ0n) is 18.1. The summed E-state index contributed by atoms with van der Waals surface area (Å²) >= 11 is 3.06. The third kappa shape index (κ3) is 8.98. The molecule has 0 saturated heterocycles. The number of ketones is 1. The van der Waals surface area contributed by atoms with Crippen LogP contribution in [0.15, 0.2) is 36.4 Å². The van der Waals surface area contributed by atoms with E-state index in [0.717, 1.165) is 29.1 Å². The number of benzene rings is 1. The van der Waals surface area contributed by atoms with Crippen molar-refractivity contribution in [2.24, 2.45) is 5.92 Å². The number of thioether (sulfide) groups is 2. The Bertz CT molecular complexity index is 739. The summed E-state index contributed by atoms with van der Waals surface area (Å²) in [6.45, 7) is 0.524. The third-order valence-electron chi connectivity index (χ3n) is 5.00.